The van der Waals surface area contributed by atoms with Crippen LogP contribution in [0.3, 0.4) is 0 Å². The highest BCUT2D eigenvalue weighted by Crippen LogP contribution is 2.32. The number of aryl methyl sites for hydroxylation is 2. The minimum absolute atomic E-state index is 0.00503. The van der Waals surface area contributed by atoms with E-state index in [-0.39, 0.29) is 10.8 Å². The number of halogens is 2. The quantitative estimate of drug-likeness (QED) is 0.339. The highest BCUT2D eigenvalue weighted by molar-refractivity contribution is 9.10. The van der Waals surface area contributed by atoms with Gasteiger partial charge in [0.25, 0.3) is 0 Å². The number of aromatic nitrogens is 1. The molecule has 140 valence electrons. The van der Waals surface area contributed by atoms with Crippen molar-refractivity contribution in [2.45, 2.75) is 13.8 Å². The number of nitrogens with zero attached hydrogens (tertiary/aromatic N) is 2. The zero-order chi connectivity index (χ0) is 19.8. The smallest absolute Gasteiger partial charge is 0.227 e. The Hall–Kier alpha value is -2.63. The average molecular weight is 456 g/mol. The van der Waals surface area contributed by atoms with Gasteiger partial charge in [-0.2, -0.15) is 0 Å². The molecule has 6 heteroatoms. The first-order valence-electron chi connectivity index (χ1n) is 8.61. The molecule has 0 amide bonds. The van der Waals surface area contributed by atoms with Crippen LogP contribution < -0.4 is 0 Å². The molecular formula is C22H16BrClN2O2. The van der Waals surface area contributed by atoms with Crippen LogP contribution in [0.1, 0.15) is 16.7 Å². The summed E-state index contributed by atoms with van der Waals surface area (Å²) in [6, 6.07) is 15.0. The van der Waals surface area contributed by atoms with E-state index >= 15 is 0 Å². The summed E-state index contributed by atoms with van der Waals surface area (Å²) in [6.45, 7) is 4.06. The second-order valence-corrected chi connectivity index (χ2v) is 7.91. The molecule has 4 rings (SSSR count). The Morgan fingerprint density at radius 2 is 1.96 bits per heavy atom. The highest BCUT2D eigenvalue weighted by atomic mass is 79.9. The molecule has 0 aliphatic heterocycles. The van der Waals surface area contributed by atoms with Gasteiger partial charge in [-0.25, -0.2) is 4.98 Å². The lowest BCUT2D eigenvalue weighted by Crippen LogP contribution is -1.84. The Bertz CT molecular complexity index is 1230. The molecule has 0 saturated heterocycles. The molecule has 3 aromatic carbocycles. The van der Waals surface area contributed by atoms with Gasteiger partial charge in [-0.1, -0.05) is 39.7 Å². The molecule has 0 saturated carbocycles. The molecule has 0 spiro atoms. The summed E-state index contributed by atoms with van der Waals surface area (Å²) < 4.78 is 6.75. The van der Waals surface area contributed by atoms with Crippen molar-refractivity contribution in [3.63, 3.8) is 0 Å². The first-order valence-corrected chi connectivity index (χ1v) is 9.78. The predicted octanol–water partition coefficient (Wildman–Crippen LogP) is 6.98. The number of phenolic OH excluding ortho intramolecular Hbond substituents is 1. The van der Waals surface area contributed by atoms with Gasteiger partial charge in [0.1, 0.15) is 11.3 Å². The van der Waals surface area contributed by atoms with Crippen molar-refractivity contribution in [3.8, 4) is 17.2 Å². The maximum absolute atomic E-state index is 10.1. The molecule has 0 unspecified atom stereocenters. The molecule has 0 aliphatic carbocycles. The second-order valence-electron chi connectivity index (χ2n) is 6.58. The second kappa shape index (κ2) is 7.41. The number of rotatable bonds is 3. The summed E-state index contributed by atoms with van der Waals surface area (Å²) in [6.07, 6.45) is 1.57. The number of hydrogen-bond acceptors (Lipinski definition) is 4. The molecule has 1 N–H and O–H groups in total. The number of fused-ring (bicyclic) bond motifs is 1. The van der Waals surface area contributed by atoms with Gasteiger partial charge in [0.15, 0.2) is 5.58 Å². The SMILES string of the molecule is Cc1cc(C)c2oc(-c3cccc(N=Cc4cc(Br)cc(Cl)c4O)c3)nc2c1. The van der Waals surface area contributed by atoms with Crippen LogP contribution in [-0.4, -0.2) is 16.3 Å². The molecule has 4 nitrogen and oxygen atoms in total. The van der Waals surface area contributed by atoms with Crippen LogP contribution >= 0.6 is 27.5 Å². The lowest BCUT2D eigenvalue weighted by Gasteiger charge is -2.03. The van der Waals surface area contributed by atoms with Gasteiger partial charge < -0.3 is 9.52 Å². The summed E-state index contributed by atoms with van der Waals surface area (Å²) in [7, 11) is 0. The Morgan fingerprint density at radius 3 is 2.79 bits per heavy atom. The third-order valence-electron chi connectivity index (χ3n) is 4.32. The van der Waals surface area contributed by atoms with Crippen molar-refractivity contribution < 1.29 is 9.52 Å². The van der Waals surface area contributed by atoms with Gasteiger partial charge >= 0.3 is 0 Å². The molecule has 1 aromatic heterocycles. The zero-order valence-electron chi connectivity index (χ0n) is 15.2. The van der Waals surface area contributed by atoms with Gasteiger partial charge in [-0.15, -0.1) is 0 Å². The topological polar surface area (TPSA) is 58.6 Å². The van der Waals surface area contributed by atoms with E-state index in [1.165, 1.54) is 0 Å². The van der Waals surface area contributed by atoms with Crippen LogP contribution in [0.4, 0.5) is 5.69 Å². The fourth-order valence-corrected chi connectivity index (χ4v) is 3.88. The van der Waals surface area contributed by atoms with Gasteiger partial charge in [-0.3, -0.25) is 4.99 Å². The fourth-order valence-electron chi connectivity index (χ4n) is 3.05. The number of phenols is 1. The van der Waals surface area contributed by atoms with Crippen LogP contribution in [0.5, 0.6) is 5.75 Å². The third kappa shape index (κ3) is 3.68. The Balaban J connectivity index is 1.70. The Labute approximate surface area is 175 Å². The van der Waals surface area contributed by atoms with E-state index in [1.54, 1.807) is 18.3 Å². The standard InChI is InChI=1S/C22H16BrClN2O2/c1-12-6-13(2)21-19(7-12)26-22(28-21)14-4-3-5-17(9-14)25-11-15-8-16(23)10-18(24)20(15)27/h3-11,27H,1-2H3. The fraction of sp³-hybridized carbons (Fsp3) is 0.0909. The predicted molar refractivity (Wildman–Crippen MR) is 117 cm³/mol. The highest BCUT2D eigenvalue weighted by Gasteiger charge is 2.11. The lowest BCUT2D eigenvalue weighted by atomic mass is 10.1. The van der Waals surface area contributed by atoms with E-state index in [9.17, 15) is 5.11 Å². The van der Waals surface area contributed by atoms with Crippen molar-refractivity contribution in [3.05, 3.63) is 74.7 Å². The Kier molecular flexibility index (Phi) is 4.96. The molecular weight excluding hydrogens is 440 g/mol. The largest absolute Gasteiger partial charge is 0.506 e. The van der Waals surface area contributed by atoms with Gasteiger partial charge in [-0.05, 0) is 61.4 Å². The maximum Gasteiger partial charge on any atom is 0.227 e. The molecule has 0 aliphatic rings. The van der Waals surface area contributed by atoms with E-state index in [0.717, 1.165) is 32.3 Å². The van der Waals surface area contributed by atoms with E-state index in [1.807, 2.05) is 44.2 Å². The summed E-state index contributed by atoms with van der Waals surface area (Å²) in [5.41, 5.74) is 5.92. The third-order valence-corrected chi connectivity index (χ3v) is 5.07. The molecule has 28 heavy (non-hydrogen) atoms. The minimum Gasteiger partial charge on any atom is -0.506 e. The van der Waals surface area contributed by atoms with E-state index in [0.29, 0.717) is 17.1 Å². The molecule has 1 heterocycles. The van der Waals surface area contributed by atoms with Gasteiger partial charge in [0.05, 0.1) is 10.7 Å². The van der Waals surface area contributed by atoms with Crippen LogP contribution in [0.2, 0.25) is 5.02 Å². The van der Waals surface area contributed by atoms with Gasteiger partial charge in [0, 0.05) is 21.8 Å². The summed E-state index contributed by atoms with van der Waals surface area (Å²) in [5, 5.41) is 10.4. The summed E-state index contributed by atoms with van der Waals surface area (Å²) in [4.78, 5) is 9.08. The molecule has 0 bridgehead atoms. The molecule has 0 fully saturated rings. The van der Waals surface area contributed by atoms with E-state index in [2.05, 4.69) is 32.0 Å². The van der Waals surface area contributed by atoms with Gasteiger partial charge in [0.2, 0.25) is 5.89 Å². The normalized spacial score (nSPS) is 11.6. The van der Waals surface area contributed by atoms with Crippen molar-refractivity contribution in [1.29, 1.82) is 0 Å². The van der Waals surface area contributed by atoms with Crippen LogP contribution in [-0.2, 0) is 0 Å². The van der Waals surface area contributed by atoms with Crippen molar-refractivity contribution in [1.82, 2.24) is 4.98 Å². The minimum atomic E-state index is -0.00503. The van der Waals surface area contributed by atoms with Crippen LogP contribution in [0.15, 0.2) is 62.4 Å². The number of hydrogen-bond donors (Lipinski definition) is 1. The average Bonchev–Trinajstić information content (AvgIpc) is 3.08. The molecule has 0 atom stereocenters. The summed E-state index contributed by atoms with van der Waals surface area (Å²) >= 11 is 9.37. The Morgan fingerprint density at radius 1 is 1.14 bits per heavy atom. The number of aliphatic imine (C=N–C) groups is 1. The molecule has 0 radical (unpaired) electrons. The lowest BCUT2D eigenvalue weighted by molar-refractivity contribution is 0.474. The first kappa shape index (κ1) is 18.7. The maximum atomic E-state index is 10.1. The first-order chi connectivity index (χ1) is 13.4. The molecule has 4 aromatic rings. The number of benzene rings is 3. The van der Waals surface area contributed by atoms with E-state index < -0.39 is 0 Å². The number of oxazole rings is 1. The van der Waals surface area contributed by atoms with E-state index in [4.69, 9.17) is 16.0 Å². The van der Waals surface area contributed by atoms with Crippen molar-refractivity contribution >= 4 is 50.5 Å². The van der Waals surface area contributed by atoms with Crippen molar-refractivity contribution in [2.75, 3.05) is 0 Å². The monoisotopic (exact) mass is 454 g/mol. The van der Waals surface area contributed by atoms with Crippen molar-refractivity contribution in [2.24, 2.45) is 4.99 Å². The van der Waals surface area contributed by atoms with Crippen LogP contribution in [0.25, 0.3) is 22.6 Å². The number of aromatic hydroxyl groups is 1. The zero-order valence-corrected chi connectivity index (χ0v) is 17.5. The van der Waals surface area contributed by atoms with Crippen LogP contribution in [0, 0.1) is 13.8 Å². The summed E-state index contributed by atoms with van der Waals surface area (Å²) in [5.74, 6) is 0.545.